The van der Waals surface area contributed by atoms with Crippen molar-refractivity contribution in [3.05, 3.63) is 172 Å². The Kier molecular flexibility index (Phi) is 8.27. The standard InChI is InChI=1S/C59H59BN2/c1-36-19-15-18-24-48(36)62-52-33-39(38-20-13-12-14-21-38)32-51-54(52)60(46-27-26-43-53(55(46)62)41-22-16-17-23-42(41)59(43,10)11)47-34-44-45(58(8,9)30-29-57(44,6)7)35-50(47)61(51)49-28-25-40(31-37(49)2)56(3,4)5/h12-28,31-35H,29-30H2,1-11H3. The van der Waals surface area contributed by atoms with Gasteiger partial charge in [0.25, 0.3) is 6.71 Å². The molecule has 11 rings (SSSR count). The van der Waals surface area contributed by atoms with Gasteiger partial charge < -0.3 is 9.80 Å². The molecule has 0 aromatic heterocycles. The number of hydrogen-bond donors (Lipinski definition) is 0. The number of benzene rings is 7. The van der Waals surface area contributed by atoms with Crippen molar-refractivity contribution in [3.8, 4) is 22.3 Å². The zero-order chi connectivity index (χ0) is 43.2. The van der Waals surface area contributed by atoms with Gasteiger partial charge in [-0.1, -0.05) is 165 Å². The van der Waals surface area contributed by atoms with Crippen molar-refractivity contribution in [1.29, 1.82) is 0 Å². The van der Waals surface area contributed by atoms with Gasteiger partial charge in [0, 0.05) is 45.1 Å². The van der Waals surface area contributed by atoms with Gasteiger partial charge in [0.1, 0.15) is 0 Å². The second kappa shape index (κ2) is 13.1. The molecule has 2 aliphatic heterocycles. The Balaban J connectivity index is 1.33. The molecule has 0 fully saturated rings. The number of anilines is 6. The minimum absolute atomic E-state index is 0.0211. The van der Waals surface area contributed by atoms with Crippen molar-refractivity contribution >= 4 is 57.2 Å². The number of para-hydroxylation sites is 1. The summed E-state index contributed by atoms with van der Waals surface area (Å²) in [6.07, 6.45) is 2.34. The van der Waals surface area contributed by atoms with Gasteiger partial charge in [-0.2, -0.15) is 0 Å². The third-order valence-electron chi connectivity index (χ3n) is 15.5. The van der Waals surface area contributed by atoms with E-state index in [4.69, 9.17) is 0 Å². The highest BCUT2D eigenvalue weighted by Gasteiger charge is 2.49. The van der Waals surface area contributed by atoms with Gasteiger partial charge in [0.2, 0.25) is 0 Å². The first-order valence-electron chi connectivity index (χ1n) is 22.9. The average molecular weight is 807 g/mol. The highest BCUT2D eigenvalue weighted by Crippen LogP contribution is 2.57. The Morgan fingerprint density at radius 3 is 1.81 bits per heavy atom. The zero-order valence-corrected chi connectivity index (χ0v) is 38.6. The topological polar surface area (TPSA) is 6.48 Å². The van der Waals surface area contributed by atoms with E-state index in [0.29, 0.717) is 0 Å². The van der Waals surface area contributed by atoms with Crippen LogP contribution >= 0.6 is 0 Å². The number of hydrogen-bond acceptors (Lipinski definition) is 2. The Labute approximate surface area is 370 Å². The van der Waals surface area contributed by atoms with Crippen molar-refractivity contribution in [2.75, 3.05) is 9.80 Å². The Morgan fingerprint density at radius 2 is 1.11 bits per heavy atom. The smallest absolute Gasteiger partial charge is 0.252 e. The van der Waals surface area contributed by atoms with E-state index in [1.807, 2.05) is 0 Å². The predicted octanol–water partition coefficient (Wildman–Crippen LogP) is 14.0. The molecule has 0 N–H and O–H groups in total. The lowest BCUT2D eigenvalue weighted by Gasteiger charge is -2.48. The van der Waals surface area contributed by atoms with Crippen LogP contribution in [0.3, 0.4) is 0 Å². The lowest BCUT2D eigenvalue weighted by Crippen LogP contribution is -2.62. The summed E-state index contributed by atoms with van der Waals surface area (Å²) in [4.78, 5) is 5.34. The molecule has 3 heteroatoms. The molecule has 308 valence electrons. The monoisotopic (exact) mass is 806 g/mol. The van der Waals surface area contributed by atoms with Crippen molar-refractivity contribution in [1.82, 2.24) is 0 Å². The molecule has 62 heavy (non-hydrogen) atoms. The maximum Gasteiger partial charge on any atom is 0.252 e. The van der Waals surface area contributed by atoms with Crippen LogP contribution in [0.4, 0.5) is 34.1 Å². The Morgan fingerprint density at radius 1 is 0.484 bits per heavy atom. The third kappa shape index (κ3) is 5.49. The van der Waals surface area contributed by atoms with E-state index in [9.17, 15) is 0 Å². The van der Waals surface area contributed by atoms with E-state index < -0.39 is 0 Å². The lowest BCUT2D eigenvalue weighted by atomic mass is 9.32. The first kappa shape index (κ1) is 39.1. The Bertz CT molecular complexity index is 3010. The fourth-order valence-corrected chi connectivity index (χ4v) is 11.8. The van der Waals surface area contributed by atoms with Gasteiger partial charge in [-0.05, 0) is 145 Å². The van der Waals surface area contributed by atoms with E-state index in [-0.39, 0.29) is 28.4 Å². The fraction of sp³-hybridized carbons (Fsp3) is 0.288. The van der Waals surface area contributed by atoms with Crippen LogP contribution in [-0.4, -0.2) is 6.71 Å². The molecule has 2 aliphatic carbocycles. The van der Waals surface area contributed by atoms with Crippen LogP contribution in [0.5, 0.6) is 0 Å². The number of nitrogens with zero attached hydrogens (tertiary/aromatic N) is 2. The highest BCUT2D eigenvalue weighted by molar-refractivity contribution is 7.00. The molecule has 0 unspecified atom stereocenters. The molecule has 0 saturated carbocycles. The molecule has 0 saturated heterocycles. The summed E-state index contributed by atoms with van der Waals surface area (Å²) in [5, 5.41) is 0. The third-order valence-corrected chi connectivity index (χ3v) is 15.5. The van der Waals surface area contributed by atoms with Gasteiger partial charge in [0.15, 0.2) is 0 Å². The van der Waals surface area contributed by atoms with Gasteiger partial charge in [-0.25, -0.2) is 0 Å². The van der Waals surface area contributed by atoms with E-state index in [0.717, 1.165) is 0 Å². The van der Waals surface area contributed by atoms with Crippen LogP contribution in [0.1, 0.15) is 114 Å². The molecule has 7 aromatic rings. The summed E-state index contributed by atoms with van der Waals surface area (Å²) in [5.74, 6) is 0. The molecular weight excluding hydrogens is 747 g/mol. The summed E-state index contributed by atoms with van der Waals surface area (Å²) in [5.41, 5.74) is 26.7. The zero-order valence-electron chi connectivity index (χ0n) is 38.6. The number of rotatable bonds is 3. The molecular formula is C59H59BN2. The van der Waals surface area contributed by atoms with E-state index >= 15 is 0 Å². The van der Waals surface area contributed by atoms with E-state index in [1.165, 1.54) is 125 Å². The van der Waals surface area contributed by atoms with Crippen LogP contribution in [-0.2, 0) is 21.7 Å². The quantitative estimate of drug-likeness (QED) is 0.164. The lowest BCUT2D eigenvalue weighted by molar-refractivity contribution is 0.332. The van der Waals surface area contributed by atoms with Gasteiger partial charge >= 0.3 is 0 Å². The second-order valence-electron chi connectivity index (χ2n) is 21.8. The van der Waals surface area contributed by atoms with Gasteiger partial charge in [-0.3, -0.25) is 0 Å². The molecule has 7 aromatic carbocycles. The van der Waals surface area contributed by atoms with Crippen molar-refractivity contribution < 1.29 is 0 Å². The molecule has 0 radical (unpaired) electrons. The largest absolute Gasteiger partial charge is 0.311 e. The molecule has 0 bridgehead atoms. The Hall–Kier alpha value is -5.80. The first-order valence-corrected chi connectivity index (χ1v) is 22.9. The maximum absolute atomic E-state index is 2.68. The molecule has 0 amide bonds. The van der Waals surface area contributed by atoms with Crippen LogP contribution in [0, 0.1) is 13.8 Å². The van der Waals surface area contributed by atoms with E-state index in [1.54, 1.807) is 0 Å². The van der Waals surface area contributed by atoms with Crippen molar-refractivity contribution in [3.63, 3.8) is 0 Å². The molecule has 4 aliphatic rings. The molecule has 0 atom stereocenters. The molecule has 2 heterocycles. The summed E-state index contributed by atoms with van der Waals surface area (Å²) < 4.78 is 0. The summed E-state index contributed by atoms with van der Waals surface area (Å²) in [7, 11) is 0. The maximum atomic E-state index is 2.68. The van der Waals surface area contributed by atoms with Crippen LogP contribution < -0.4 is 26.2 Å². The molecule has 0 spiro atoms. The fourth-order valence-electron chi connectivity index (χ4n) is 11.8. The average Bonchev–Trinajstić information content (AvgIpc) is 3.48. The minimum Gasteiger partial charge on any atom is -0.311 e. The first-order chi connectivity index (χ1) is 29.5. The SMILES string of the molecule is Cc1cc(C(C)(C)C)ccc1N1c2cc3c(cc2B2c4ccc5c(c4N(c4ccccc4C)c4cc(-c6ccccc6)cc1c42)-c1ccccc1C5(C)C)C(C)(C)CCC3(C)C. The van der Waals surface area contributed by atoms with Crippen LogP contribution in [0.15, 0.2) is 133 Å². The minimum atomic E-state index is -0.137. The van der Waals surface area contributed by atoms with Crippen LogP contribution in [0.2, 0.25) is 0 Å². The number of fused-ring (bicyclic) bond motifs is 9. The summed E-state index contributed by atoms with van der Waals surface area (Å²) in [6, 6.07) is 51.9. The van der Waals surface area contributed by atoms with Crippen LogP contribution in [0.25, 0.3) is 22.3 Å². The predicted molar refractivity (Wildman–Crippen MR) is 267 cm³/mol. The van der Waals surface area contributed by atoms with Gasteiger partial charge in [0.05, 0.1) is 0 Å². The van der Waals surface area contributed by atoms with E-state index in [2.05, 4.69) is 219 Å². The molecule has 2 nitrogen and oxygen atoms in total. The van der Waals surface area contributed by atoms with Gasteiger partial charge in [-0.15, -0.1) is 0 Å². The van der Waals surface area contributed by atoms with Crippen molar-refractivity contribution in [2.45, 2.75) is 111 Å². The second-order valence-corrected chi connectivity index (χ2v) is 21.8. The normalized spacial score (nSPS) is 17.1. The number of aryl methyl sites for hydroxylation is 2. The summed E-state index contributed by atoms with van der Waals surface area (Å²) in [6.45, 7) is 26.4. The summed E-state index contributed by atoms with van der Waals surface area (Å²) >= 11 is 0. The highest BCUT2D eigenvalue weighted by atomic mass is 15.2. The van der Waals surface area contributed by atoms with Crippen molar-refractivity contribution in [2.24, 2.45) is 0 Å².